The Balaban J connectivity index is 2.02. The zero-order valence-corrected chi connectivity index (χ0v) is 13.4. The zero-order valence-electron chi connectivity index (χ0n) is 12.5. The highest BCUT2D eigenvalue weighted by Crippen LogP contribution is 2.42. The minimum absolute atomic E-state index is 0.229. The van der Waals surface area contributed by atoms with Crippen LogP contribution in [0.25, 0.3) is 0 Å². The van der Waals surface area contributed by atoms with E-state index in [1.807, 2.05) is 0 Å². The van der Waals surface area contributed by atoms with Gasteiger partial charge < -0.3 is 5.32 Å². The molecule has 6 heteroatoms. The van der Waals surface area contributed by atoms with E-state index in [2.05, 4.69) is 24.1 Å². The molecule has 0 aliphatic heterocycles. The molecule has 2 nitrogen and oxygen atoms in total. The third kappa shape index (κ3) is 4.68. The van der Waals surface area contributed by atoms with E-state index < -0.39 is 11.2 Å². The second kappa shape index (κ2) is 7.09. The average molecular weight is 320 g/mol. The van der Waals surface area contributed by atoms with Crippen molar-refractivity contribution in [1.82, 2.24) is 10.3 Å². The molecule has 2 atom stereocenters. The summed E-state index contributed by atoms with van der Waals surface area (Å²) in [7, 11) is 0. The third-order valence-corrected chi connectivity index (χ3v) is 5.17. The molecule has 0 radical (unpaired) electrons. The van der Waals surface area contributed by atoms with Crippen molar-refractivity contribution >= 4 is 11.3 Å². The fraction of sp³-hybridized carbons (Fsp3) is 0.800. The van der Waals surface area contributed by atoms with Gasteiger partial charge in [0.1, 0.15) is 0 Å². The molecule has 0 bridgehead atoms. The summed E-state index contributed by atoms with van der Waals surface area (Å²) in [4.78, 5) is 4.38. The van der Waals surface area contributed by atoms with Gasteiger partial charge in [0.2, 0.25) is 0 Å². The van der Waals surface area contributed by atoms with Crippen molar-refractivity contribution < 1.29 is 13.2 Å². The first kappa shape index (κ1) is 16.7. The zero-order chi connectivity index (χ0) is 15.5. The Labute approximate surface area is 128 Å². The lowest BCUT2D eigenvalue weighted by atomic mass is 9.78. The van der Waals surface area contributed by atoms with E-state index in [0.29, 0.717) is 11.8 Å². The molecule has 2 rings (SSSR count). The van der Waals surface area contributed by atoms with Crippen molar-refractivity contribution in [3.05, 3.63) is 16.1 Å². The maximum Gasteiger partial charge on any atom is 0.443 e. The molecule has 0 saturated heterocycles. The van der Waals surface area contributed by atoms with Gasteiger partial charge in [-0.1, -0.05) is 26.7 Å². The van der Waals surface area contributed by atoms with Crippen LogP contribution in [0.5, 0.6) is 0 Å². The molecule has 21 heavy (non-hydrogen) atoms. The number of aromatic nitrogens is 1. The lowest BCUT2D eigenvalue weighted by Gasteiger charge is -2.31. The number of alkyl halides is 3. The molecular formula is C15H23F3N2S. The van der Waals surface area contributed by atoms with Crippen LogP contribution in [0.4, 0.5) is 13.2 Å². The average Bonchev–Trinajstić information content (AvgIpc) is 2.88. The summed E-state index contributed by atoms with van der Waals surface area (Å²) in [6, 6.07) is 0. The molecule has 0 spiro atoms. The molecule has 2 unspecified atom stereocenters. The lowest BCUT2D eigenvalue weighted by Crippen LogP contribution is -2.31. The maximum atomic E-state index is 12.7. The van der Waals surface area contributed by atoms with Crippen LogP contribution in [-0.2, 0) is 6.18 Å². The van der Waals surface area contributed by atoms with Gasteiger partial charge in [0.05, 0.1) is 0 Å². The highest BCUT2D eigenvalue weighted by molar-refractivity contribution is 7.11. The number of hydrogen-bond acceptors (Lipinski definition) is 3. The molecule has 1 aromatic rings. The van der Waals surface area contributed by atoms with Crippen molar-refractivity contribution in [3.8, 4) is 0 Å². The molecule has 0 amide bonds. The van der Waals surface area contributed by atoms with E-state index in [0.717, 1.165) is 48.6 Å². The molecule has 1 fully saturated rings. The minimum atomic E-state index is -4.32. The topological polar surface area (TPSA) is 24.9 Å². The summed E-state index contributed by atoms with van der Waals surface area (Å²) in [5.41, 5.74) is 0. The molecule has 1 aliphatic rings. The van der Waals surface area contributed by atoms with E-state index in [9.17, 15) is 13.2 Å². The fourth-order valence-corrected chi connectivity index (χ4v) is 3.98. The van der Waals surface area contributed by atoms with Gasteiger partial charge in [0.25, 0.3) is 0 Å². The van der Waals surface area contributed by atoms with E-state index in [1.54, 1.807) is 0 Å². The molecule has 1 aliphatic carbocycles. The highest BCUT2D eigenvalue weighted by Gasteiger charge is 2.36. The van der Waals surface area contributed by atoms with Gasteiger partial charge in [-0.15, -0.1) is 11.3 Å². The Bertz CT molecular complexity index is 442. The fourth-order valence-electron chi connectivity index (χ4n) is 2.97. The molecular weight excluding hydrogens is 297 g/mol. The minimum Gasteiger partial charge on any atom is -0.316 e. The number of nitrogens with one attached hydrogen (secondary N) is 1. The summed E-state index contributed by atoms with van der Waals surface area (Å²) in [6.45, 7) is 6.16. The SMILES string of the molecule is CC(C)CNCC1CCCCC1c1cnc(C(F)(F)F)s1. The highest BCUT2D eigenvalue weighted by atomic mass is 32.1. The Morgan fingerprint density at radius 2 is 2.05 bits per heavy atom. The predicted molar refractivity (Wildman–Crippen MR) is 79.5 cm³/mol. The first-order chi connectivity index (χ1) is 9.88. The monoisotopic (exact) mass is 320 g/mol. The van der Waals surface area contributed by atoms with Gasteiger partial charge in [-0.25, -0.2) is 4.98 Å². The van der Waals surface area contributed by atoms with Crippen LogP contribution in [0.15, 0.2) is 6.20 Å². The standard InChI is InChI=1S/C15H23F3N2S/c1-10(2)7-19-8-11-5-3-4-6-12(11)13-9-20-14(21-13)15(16,17)18/h9-12,19H,3-8H2,1-2H3. The molecule has 1 heterocycles. The quantitative estimate of drug-likeness (QED) is 0.852. The molecule has 1 aromatic heterocycles. The number of rotatable bonds is 5. The van der Waals surface area contributed by atoms with Crippen LogP contribution in [0.3, 0.4) is 0 Å². The van der Waals surface area contributed by atoms with Crippen LogP contribution >= 0.6 is 11.3 Å². The van der Waals surface area contributed by atoms with Crippen molar-refractivity contribution in [2.75, 3.05) is 13.1 Å². The van der Waals surface area contributed by atoms with Gasteiger partial charge >= 0.3 is 6.18 Å². The molecule has 1 saturated carbocycles. The number of hydrogen-bond donors (Lipinski definition) is 1. The number of halogens is 3. The number of nitrogens with zero attached hydrogens (tertiary/aromatic N) is 1. The summed E-state index contributed by atoms with van der Waals surface area (Å²) in [5.74, 6) is 1.25. The maximum absolute atomic E-state index is 12.7. The van der Waals surface area contributed by atoms with E-state index in [4.69, 9.17) is 0 Å². The second-order valence-corrected chi connectivity index (χ2v) is 7.33. The smallest absolute Gasteiger partial charge is 0.316 e. The Morgan fingerprint density at radius 1 is 1.33 bits per heavy atom. The molecule has 0 aromatic carbocycles. The lowest BCUT2D eigenvalue weighted by molar-refractivity contribution is -0.137. The first-order valence-electron chi connectivity index (χ1n) is 7.61. The van der Waals surface area contributed by atoms with E-state index in [1.165, 1.54) is 12.6 Å². The van der Waals surface area contributed by atoms with Crippen molar-refractivity contribution in [3.63, 3.8) is 0 Å². The Kier molecular flexibility index (Phi) is 5.66. The van der Waals surface area contributed by atoms with Crippen molar-refractivity contribution in [2.45, 2.75) is 51.6 Å². The summed E-state index contributed by atoms with van der Waals surface area (Å²) >= 11 is 0.826. The third-order valence-electron chi connectivity index (χ3n) is 4.00. The van der Waals surface area contributed by atoms with Crippen LogP contribution in [-0.4, -0.2) is 18.1 Å². The molecule has 120 valence electrons. The van der Waals surface area contributed by atoms with Gasteiger partial charge in [-0.05, 0) is 43.7 Å². The van der Waals surface area contributed by atoms with Crippen LogP contribution in [0.2, 0.25) is 0 Å². The van der Waals surface area contributed by atoms with Crippen molar-refractivity contribution in [1.29, 1.82) is 0 Å². The molecule has 1 N–H and O–H groups in total. The van der Waals surface area contributed by atoms with Crippen molar-refractivity contribution in [2.24, 2.45) is 11.8 Å². The largest absolute Gasteiger partial charge is 0.443 e. The van der Waals surface area contributed by atoms with Crippen LogP contribution in [0, 0.1) is 11.8 Å². The van der Waals surface area contributed by atoms with E-state index >= 15 is 0 Å². The second-order valence-electron chi connectivity index (χ2n) is 6.27. The first-order valence-corrected chi connectivity index (χ1v) is 8.43. The van der Waals surface area contributed by atoms with Gasteiger partial charge in [-0.3, -0.25) is 0 Å². The van der Waals surface area contributed by atoms with Gasteiger partial charge in [0.15, 0.2) is 5.01 Å². The predicted octanol–water partition coefficient (Wildman–Crippen LogP) is 4.68. The Hall–Kier alpha value is -0.620. The summed E-state index contributed by atoms with van der Waals surface area (Å²) < 4.78 is 38.1. The number of thiazole rings is 1. The van der Waals surface area contributed by atoms with Gasteiger partial charge in [-0.2, -0.15) is 13.2 Å². The van der Waals surface area contributed by atoms with Crippen LogP contribution < -0.4 is 5.32 Å². The normalized spacial score (nSPS) is 23.7. The van der Waals surface area contributed by atoms with Gasteiger partial charge in [0, 0.05) is 11.1 Å². The van der Waals surface area contributed by atoms with E-state index in [-0.39, 0.29) is 5.92 Å². The summed E-state index contributed by atoms with van der Waals surface area (Å²) in [5, 5.41) is 2.74. The summed E-state index contributed by atoms with van der Waals surface area (Å²) in [6.07, 6.45) is 1.48. The Morgan fingerprint density at radius 3 is 2.67 bits per heavy atom. The van der Waals surface area contributed by atoms with Crippen LogP contribution in [0.1, 0.15) is 55.3 Å².